The predicted molar refractivity (Wildman–Crippen MR) is 119 cm³/mol. The van der Waals surface area contributed by atoms with E-state index in [4.69, 9.17) is 14.6 Å². The molecule has 2 N–H and O–H groups in total. The number of fused-ring (bicyclic) bond motifs is 3. The molecule has 188 valence electrons. The number of methoxy groups -OCH3 is 1. The minimum Gasteiger partial charge on any atom is -0.480 e. The van der Waals surface area contributed by atoms with Crippen molar-refractivity contribution in [1.82, 2.24) is 10.2 Å². The van der Waals surface area contributed by atoms with Gasteiger partial charge in [-0.25, -0.2) is 4.79 Å². The highest BCUT2D eigenvalue weighted by atomic mass is 19.4. The molecule has 0 heterocycles. The molecule has 1 atom stereocenters. The van der Waals surface area contributed by atoms with Gasteiger partial charge in [-0.15, -0.1) is 0 Å². The third kappa shape index (κ3) is 6.30. The second kappa shape index (κ2) is 11.2. The van der Waals surface area contributed by atoms with Crippen molar-refractivity contribution in [3.8, 4) is 11.1 Å². The van der Waals surface area contributed by atoms with E-state index in [0.717, 1.165) is 22.3 Å². The number of carbonyl (C=O) groups excluding carboxylic acids is 2. The minimum absolute atomic E-state index is 0.108. The minimum atomic E-state index is -5.02. The summed E-state index contributed by atoms with van der Waals surface area (Å²) in [6.07, 6.45) is -6.13. The highest BCUT2D eigenvalue weighted by molar-refractivity contribution is 5.84. The van der Waals surface area contributed by atoms with Gasteiger partial charge in [-0.3, -0.25) is 9.59 Å². The maximum atomic E-state index is 13.6. The number of hydrogen-bond acceptors (Lipinski definition) is 5. The Morgan fingerprint density at radius 2 is 1.63 bits per heavy atom. The maximum absolute atomic E-state index is 13.6. The van der Waals surface area contributed by atoms with Crippen molar-refractivity contribution in [1.29, 1.82) is 0 Å². The van der Waals surface area contributed by atoms with Crippen LogP contribution in [0.4, 0.5) is 18.0 Å². The topological polar surface area (TPSA) is 105 Å². The van der Waals surface area contributed by atoms with E-state index in [1.54, 1.807) is 0 Å². The van der Waals surface area contributed by atoms with Crippen LogP contribution in [0.25, 0.3) is 11.1 Å². The number of alkyl halides is 3. The summed E-state index contributed by atoms with van der Waals surface area (Å²) in [5.41, 5.74) is 3.86. The Hall–Kier alpha value is -3.60. The van der Waals surface area contributed by atoms with Gasteiger partial charge < -0.3 is 24.8 Å². The van der Waals surface area contributed by atoms with Gasteiger partial charge in [0.2, 0.25) is 5.91 Å². The van der Waals surface area contributed by atoms with Crippen molar-refractivity contribution in [2.75, 3.05) is 40.0 Å². The third-order valence-corrected chi connectivity index (χ3v) is 5.69. The molecule has 0 aliphatic heterocycles. The van der Waals surface area contributed by atoms with E-state index in [-0.39, 0.29) is 25.7 Å². The lowest BCUT2D eigenvalue weighted by atomic mass is 9.98. The zero-order valence-electron chi connectivity index (χ0n) is 18.9. The van der Waals surface area contributed by atoms with Crippen molar-refractivity contribution < 1.29 is 42.1 Å². The van der Waals surface area contributed by atoms with Crippen molar-refractivity contribution in [3.63, 3.8) is 0 Å². The molecule has 35 heavy (non-hydrogen) atoms. The van der Waals surface area contributed by atoms with E-state index in [2.05, 4.69) is 0 Å². The number of aliphatic carboxylic acids is 1. The third-order valence-electron chi connectivity index (χ3n) is 5.69. The van der Waals surface area contributed by atoms with E-state index in [1.165, 1.54) is 7.11 Å². The summed E-state index contributed by atoms with van der Waals surface area (Å²) in [5.74, 6) is -5.87. The van der Waals surface area contributed by atoms with Gasteiger partial charge in [0, 0.05) is 26.1 Å². The summed E-state index contributed by atoms with van der Waals surface area (Å²) >= 11 is 0. The van der Waals surface area contributed by atoms with Crippen LogP contribution in [0.3, 0.4) is 0 Å². The molecule has 2 aromatic carbocycles. The molecule has 3 rings (SSSR count). The lowest BCUT2D eigenvalue weighted by Crippen LogP contribution is -2.50. The summed E-state index contributed by atoms with van der Waals surface area (Å²) in [6, 6.07) is 15.2. The summed E-state index contributed by atoms with van der Waals surface area (Å²) < 4.78 is 50.7. The smallest absolute Gasteiger partial charge is 0.407 e. The molecule has 1 unspecified atom stereocenters. The van der Waals surface area contributed by atoms with Gasteiger partial charge in [0.05, 0.1) is 6.61 Å². The average Bonchev–Trinajstić information content (AvgIpc) is 3.13. The zero-order valence-corrected chi connectivity index (χ0v) is 18.9. The van der Waals surface area contributed by atoms with Crippen LogP contribution in [-0.4, -0.2) is 74.1 Å². The van der Waals surface area contributed by atoms with E-state index >= 15 is 0 Å². The first kappa shape index (κ1) is 26.0. The molecule has 0 bridgehead atoms. The van der Waals surface area contributed by atoms with Gasteiger partial charge in [-0.05, 0) is 22.3 Å². The molecule has 1 aliphatic rings. The number of alkyl carbamates (subject to hydrolysis) is 1. The molecule has 0 radical (unpaired) electrons. The molecular formula is C24H25F3N2O6. The molecule has 0 spiro atoms. The first-order valence-electron chi connectivity index (χ1n) is 10.8. The molecule has 0 saturated carbocycles. The first-order valence-corrected chi connectivity index (χ1v) is 10.8. The van der Waals surface area contributed by atoms with Crippen molar-refractivity contribution in [2.24, 2.45) is 5.92 Å². The van der Waals surface area contributed by atoms with Crippen LogP contribution in [-0.2, 0) is 19.1 Å². The molecule has 0 aromatic heterocycles. The van der Waals surface area contributed by atoms with E-state index < -0.39 is 43.2 Å². The van der Waals surface area contributed by atoms with Crippen molar-refractivity contribution in [2.45, 2.75) is 12.1 Å². The predicted octanol–water partition coefficient (Wildman–Crippen LogP) is 3.26. The fourth-order valence-corrected chi connectivity index (χ4v) is 4.03. The number of carbonyl (C=O) groups is 3. The fourth-order valence-electron chi connectivity index (χ4n) is 4.03. The van der Waals surface area contributed by atoms with E-state index in [0.29, 0.717) is 4.90 Å². The van der Waals surface area contributed by atoms with Gasteiger partial charge in [-0.1, -0.05) is 48.5 Å². The zero-order chi connectivity index (χ0) is 25.6. The highest BCUT2D eigenvalue weighted by Crippen LogP contribution is 2.44. The highest BCUT2D eigenvalue weighted by Gasteiger charge is 2.47. The number of nitrogens with zero attached hydrogens (tertiary/aromatic N) is 1. The number of ether oxygens (including phenoxy) is 2. The average molecular weight is 494 g/mol. The van der Waals surface area contributed by atoms with Gasteiger partial charge in [0.15, 0.2) is 5.92 Å². The monoisotopic (exact) mass is 494 g/mol. The van der Waals surface area contributed by atoms with Crippen LogP contribution in [0.5, 0.6) is 0 Å². The first-order chi connectivity index (χ1) is 16.6. The number of nitrogens with one attached hydrogen (secondary N) is 1. The molecule has 2 aromatic rings. The van der Waals surface area contributed by atoms with Gasteiger partial charge in [-0.2, -0.15) is 13.2 Å². The van der Waals surface area contributed by atoms with Gasteiger partial charge in [0.1, 0.15) is 13.2 Å². The number of carboxylic acids is 1. The largest absolute Gasteiger partial charge is 0.480 e. The van der Waals surface area contributed by atoms with Gasteiger partial charge in [0.25, 0.3) is 0 Å². The number of benzene rings is 2. The number of rotatable bonds is 10. The molecule has 2 amide bonds. The van der Waals surface area contributed by atoms with Crippen molar-refractivity contribution in [3.05, 3.63) is 59.7 Å². The molecule has 8 nitrogen and oxygen atoms in total. The van der Waals surface area contributed by atoms with Crippen LogP contribution >= 0.6 is 0 Å². The Bertz CT molecular complexity index is 1030. The van der Waals surface area contributed by atoms with Crippen molar-refractivity contribution >= 4 is 18.0 Å². The number of carboxylic acid groups (broad SMARTS) is 1. The van der Waals surface area contributed by atoms with Crippen LogP contribution in [0.1, 0.15) is 17.0 Å². The molecule has 0 fully saturated rings. The lowest BCUT2D eigenvalue weighted by molar-refractivity contribution is -0.189. The number of halogens is 3. The van der Waals surface area contributed by atoms with Crippen LogP contribution in [0, 0.1) is 5.92 Å². The van der Waals surface area contributed by atoms with Gasteiger partial charge >= 0.3 is 18.2 Å². The Morgan fingerprint density at radius 1 is 1.06 bits per heavy atom. The summed E-state index contributed by atoms with van der Waals surface area (Å²) in [6.45, 7) is -2.63. The molecule has 11 heteroatoms. The standard InChI is InChI=1S/C24H25F3N2O6/c1-34-11-10-29(13-21(30)31)22(32)20(24(25,26)27)12-28-23(33)35-14-19-17-8-4-2-6-15(17)16-7-3-5-9-18(16)19/h2-9,19-20H,10-14H2,1H3,(H,28,33)(H,30,31). The fraction of sp³-hybridized carbons (Fsp3) is 0.375. The second-order valence-electron chi connectivity index (χ2n) is 7.95. The Labute approximate surface area is 199 Å². The van der Waals surface area contributed by atoms with Crippen LogP contribution in [0.2, 0.25) is 0 Å². The summed E-state index contributed by atoms with van der Waals surface area (Å²) in [7, 11) is 1.27. The van der Waals surface area contributed by atoms with E-state index in [1.807, 2.05) is 53.8 Å². The Kier molecular flexibility index (Phi) is 8.34. The van der Waals surface area contributed by atoms with E-state index in [9.17, 15) is 27.6 Å². The second-order valence-corrected chi connectivity index (χ2v) is 7.95. The molecular weight excluding hydrogens is 469 g/mol. The summed E-state index contributed by atoms with van der Waals surface area (Å²) in [5, 5.41) is 10.9. The Balaban J connectivity index is 1.64. The molecule has 0 saturated heterocycles. The number of hydrogen-bond donors (Lipinski definition) is 2. The maximum Gasteiger partial charge on any atom is 0.407 e. The Morgan fingerprint density at radius 3 is 2.14 bits per heavy atom. The quantitative estimate of drug-likeness (QED) is 0.526. The normalized spacial score (nSPS) is 13.5. The molecule has 1 aliphatic carbocycles. The van der Waals surface area contributed by atoms with Crippen LogP contribution in [0.15, 0.2) is 48.5 Å². The van der Waals surface area contributed by atoms with Crippen LogP contribution < -0.4 is 5.32 Å². The number of amides is 2. The summed E-state index contributed by atoms with van der Waals surface area (Å²) in [4.78, 5) is 36.3. The SMILES string of the molecule is COCCN(CC(=O)O)C(=O)C(CNC(=O)OCC1c2ccccc2-c2ccccc21)C(F)(F)F. The lowest BCUT2D eigenvalue weighted by Gasteiger charge is -2.27.